The summed E-state index contributed by atoms with van der Waals surface area (Å²) >= 11 is 0. The maximum atomic E-state index is 12.2. The smallest absolute Gasteiger partial charge is 0.269 e. The second-order valence-electron chi connectivity index (χ2n) is 6.38. The summed E-state index contributed by atoms with van der Waals surface area (Å²) in [5.74, 6) is -0.657. The Labute approximate surface area is 160 Å². The second-order valence-corrected chi connectivity index (χ2v) is 6.38. The molecule has 27 heavy (non-hydrogen) atoms. The molecule has 0 heterocycles. The van der Waals surface area contributed by atoms with Gasteiger partial charge in [0.25, 0.3) is 11.8 Å². The van der Waals surface area contributed by atoms with Crippen LogP contribution in [0.2, 0.25) is 0 Å². The van der Waals surface area contributed by atoms with E-state index in [1.807, 2.05) is 43.3 Å². The van der Waals surface area contributed by atoms with E-state index in [1.165, 1.54) is 0 Å². The van der Waals surface area contributed by atoms with E-state index in [0.717, 1.165) is 36.4 Å². The minimum atomic E-state index is -0.340. The number of amides is 2. The van der Waals surface area contributed by atoms with Gasteiger partial charge in [-0.15, -0.1) is 0 Å². The molecule has 6 heteroatoms. The van der Waals surface area contributed by atoms with Gasteiger partial charge >= 0.3 is 0 Å². The number of hydrazine groups is 1. The van der Waals surface area contributed by atoms with E-state index < -0.39 is 0 Å². The number of hydrogen-bond donors (Lipinski definition) is 3. The van der Waals surface area contributed by atoms with Crippen LogP contribution >= 0.6 is 0 Å². The molecule has 0 aliphatic heterocycles. The fourth-order valence-corrected chi connectivity index (χ4v) is 2.56. The molecule has 0 saturated heterocycles. The van der Waals surface area contributed by atoms with Crippen molar-refractivity contribution in [1.82, 2.24) is 15.8 Å². The van der Waals surface area contributed by atoms with Crippen LogP contribution in [0.1, 0.15) is 35.3 Å². The molecule has 2 aromatic carbocycles. The Balaban J connectivity index is 1.77. The van der Waals surface area contributed by atoms with Crippen molar-refractivity contribution in [2.24, 2.45) is 0 Å². The lowest BCUT2D eigenvalue weighted by molar-refractivity contribution is -0.120. The molecule has 0 bridgehead atoms. The Kier molecular flexibility index (Phi) is 7.82. The van der Waals surface area contributed by atoms with Crippen LogP contribution in [0.3, 0.4) is 0 Å². The molecule has 2 aromatic rings. The number of nitrogens with one attached hydrogen (secondary N) is 3. The summed E-state index contributed by atoms with van der Waals surface area (Å²) < 4.78 is 0. The third-order valence-corrected chi connectivity index (χ3v) is 4.34. The molecule has 0 radical (unpaired) electrons. The summed E-state index contributed by atoms with van der Waals surface area (Å²) in [5, 5.41) is 3.00. The molecular formula is C21H28N4O2. The molecule has 0 unspecified atom stereocenters. The molecule has 2 rings (SSSR count). The summed E-state index contributed by atoms with van der Waals surface area (Å²) in [7, 11) is 0. The molecular weight excluding hydrogens is 340 g/mol. The van der Waals surface area contributed by atoms with Crippen molar-refractivity contribution in [3.63, 3.8) is 0 Å². The third-order valence-electron chi connectivity index (χ3n) is 4.34. The molecule has 0 aliphatic carbocycles. The number of carbonyl (C=O) groups is 2. The normalized spacial score (nSPS) is 10.5. The molecule has 0 aliphatic rings. The van der Waals surface area contributed by atoms with Crippen LogP contribution in [0.5, 0.6) is 0 Å². The average Bonchev–Trinajstić information content (AvgIpc) is 2.70. The van der Waals surface area contributed by atoms with E-state index in [4.69, 9.17) is 0 Å². The summed E-state index contributed by atoms with van der Waals surface area (Å²) in [5.41, 5.74) is 8.52. The fraction of sp³-hybridized carbons (Fsp3) is 0.333. The van der Waals surface area contributed by atoms with Crippen molar-refractivity contribution in [3.05, 3.63) is 65.2 Å². The van der Waals surface area contributed by atoms with Gasteiger partial charge < -0.3 is 5.32 Å². The quantitative estimate of drug-likeness (QED) is 0.627. The molecule has 0 saturated carbocycles. The zero-order valence-electron chi connectivity index (χ0n) is 16.2. The van der Waals surface area contributed by atoms with Crippen molar-refractivity contribution in [1.29, 1.82) is 0 Å². The van der Waals surface area contributed by atoms with Crippen molar-refractivity contribution in [2.75, 3.05) is 25.0 Å². The Bertz CT molecular complexity index is 738. The molecule has 0 spiro atoms. The minimum absolute atomic E-state index is 0.0755. The SMILES string of the molecule is CCN(CC)Cc1ccc(C(=O)NNC(=O)CNc2ccc(C)cc2)cc1. The van der Waals surface area contributed by atoms with Crippen LogP contribution < -0.4 is 16.2 Å². The van der Waals surface area contributed by atoms with Gasteiger partial charge in [0.05, 0.1) is 6.54 Å². The Morgan fingerprint density at radius 1 is 0.889 bits per heavy atom. The lowest BCUT2D eigenvalue weighted by Gasteiger charge is -2.18. The highest BCUT2D eigenvalue weighted by atomic mass is 16.2. The minimum Gasteiger partial charge on any atom is -0.376 e. The number of carbonyl (C=O) groups excluding carboxylic acids is 2. The summed E-state index contributed by atoms with van der Waals surface area (Å²) in [6, 6.07) is 15.2. The van der Waals surface area contributed by atoms with Crippen LogP contribution in [-0.2, 0) is 11.3 Å². The number of rotatable bonds is 8. The first-order valence-corrected chi connectivity index (χ1v) is 9.22. The van der Waals surface area contributed by atoms with Gasteiger partial charge in [0.15, 0.2) is 0 Å². The highest BCUT2D eigenvalue weighted by Gasteiger charge is 2.08. The van der Waals surface area contributed by atoms with Gasteiger partial charge in [0.2, 0.25) is 0 Å². The Morgan fingerprint density at radius 2 is 1.52 bits per heavy atom. The second kappa shape index (κ2) is 10.3. The van der Waals surface area contributed by atoms with Gasteiger partial charge in [0, 0.05) is 17.8 Å². The van der Waals surface area contributed by atoms with Crippen LogP contribution in [0.25, 0.3) is 0 Å². The van der Waals surface area contributed by atoms with E-state index in [2.05, 4.69) is 34.9 Å². The van der Waals surface area contributed by atoms with E-state index in [1.54, 1.807) is 12.1 Å². The first kappa shape index (κ1) is 20.5. The fourth-order valence-electron chi connectivity index (χ4n) is 2.56. The maximum Gasteiger partial charge on any atom is 0.269 e. The van der Waals surface area contributed by atoms with E-state index >= 15 is 0 Å². The highest BCUT2D eigenvalue weighted by Crippen LogP contribution is 2.08. The number of benzene rings is 2. The number of nitrogens with zero attached hydrogens (tertiary/aromatic N) is 1. The van der Waals surface area contributed by atoms with Gasteiger partial charge in [0.1, 0.15) is 0 Å². The van der Waals surface area contributed by atoms with Crippen molar-refractivity contribution in [3.8, 4) is 0 Å². The van der Waals surface area contributed by atoms with E-state index in [-0.39, 0.29) is 18.4 Å². The van der Waals surface area contributed by atoms with Gasteiger partial charge in [-0.25, -0.2) is 0 Å². The lowest BCUT2D eigenvalue weighted by Crippen LogP contribution is -2.44. The highest BCUT2D eigenvalue weighted by molar-refractivity contribution is 5.95. The van der Waals surface area contributed by atoms with Crippen molar-refractivity contribution in [2.45, 2.75) is 27.3 Å². The topological polar surface area (TPSA) is 73.5 Å². The summed E-state index contributed by atoms with van der Waals surface area (Å²) in [6.07, 6.45) is 0. The molecule has 3 N–H and O–H groups in total. The van der Waals surface area contributed by atoms with Crippen molar-refractivity contribution < 1.29 is 9.59 Å². The summed E-state index contributed by atoms with van der Waals surface area (Å²) in [6.45, 7) is 9.16. The number of hydrogen-bond acceptors (Lipinski definition) is 4. The summed E-state index contributed by atoms with van der Waals surface area (Å²) in [4.78, 5) is 26.3. The van der Waals surface area contributed by atoms with Crippen LogP contribution in [0, 0.1) is 6.92 Å². The van der Waals surface area contributed by atoms with Gasteiger partial charge in [-0.2, -0.15) is 0 Å². The van der Waals surface area contributed by atoms with Crippen LogP contribution in [0.4, 0.5) is 5.69 Å². The van der Waals surface area contributed by atoms with E-state index in [0.29, 0.717) is 5.56 Å². The first-order valence-electron chi connectivity index (χ1n) is 9.22. The Morgan fingerprint density at radius 3 is 2.11 bits per heavy atom. The van der Waals surface area contributed by atoms with Gasteiger partial charge in [-0.05, 0) is 49.8 Å². The first-order chi connectivity index (χ1) is 13.0. The molecule has 0 fully saturated rings. The molecule has 0 aromatic heterocycles. The zero-order valence-corrected chi connectivity index (χ0v) is 16.2. The third kappa shape index (κ3) is 6.75. The zero-order chi connectivity index (χ0) is 19.6. The maximum absolute atomic E-state index is 12.2. The van der Waals surface area contributed by atoms with Gasteiger partial charge in [-0.1, -0.05) is 43.7 Å². The van der Waals surface area contributed by atoms with Crippen molar-refractivity contribution >= 4 is 17.5 Å². The molecule has 6 nitrogen and oxygen atoms in total. The predicted octanol–water partition coefficient (Wildman–Crippen LogP) is 2.71. The molecule has 2 amide bonds. The van der Waals surface area contributed by atoms with Crippen LogP contribution in [-0.4, -0.2) is 36.3 Å². The number of aryl methyl sites for hydroxylation is 1. The predicted molar refractivity (Wildman–Crippen MR) is 108 cm³/mol. The van der Waals surface area contributed by atoms with Gasteiger partial charge in [-0.3, -0.25) is 25.3 Å². The molecule has 0 atom stereocenters. The average molecular weight is 368 g/mol. The monoisotopic (exact) mass is 368 g/mol. The molecule has 144 valence electrons. The van der Waals surface area contributed by atoms with E-state index in [9.17, 15) is 9.59 Å². The largest absolute Gasteiger partial charge is 0.376 e. The van der Waals surface area contributed by atoms with Crippen LogP contribution in [0.15, 0.2) is 48.5 Å². The Hall–Kier alpha value is -2.86. The lowest BCUT2D eigenvalue weighted by atomic mass is 10.1. The standard InChI is InChI=1S/C21H28N4O2/c1-4-25(5-2)15-17-8-10-18(11-9-17)21(27)24-23-20(26)14-22-19-12-6-16(3)7-13-19/h6-13,22H,4-5,14-15H2,1-3H3,(H,23,26)(H,24,27). The number of anilines is 1.